The first-order valence-electron chi connectivity index (χ1n) is 9.32. The molecule has 0 heterocycles. The van der Waals surface area contributed by atoms with E-state index in [0.29, 0.717) is 11.1 Å². The molecule has 0 bridgehead atoms. The van der Waals surface area contributed by atoms with Gasteiger partial charge in [-0.1, -0.05) is 31.4 Å². The summed E-state index contributed by atoms with van der Waals surface area (Å²) in [5, 5.41) is 6.00. The van der Waals surface area contributed by atoms with Crippen molar-refractivity contribution in [2.24, 2.45) is 0 Å². The van der Waals surface area contributed by atoms with Crippen molar-refractivity contribution in [2.45, 2.75) is 52.0 Å². The number of carbonyl (C=O) groups is 2. The molecule has 2 aromatic carbocycles. The molecule has 1 aliphatic rings. The Bertz CT molecular complexity index is 808. The fraction of sp³-hybridized carbons (Fsp3) is 0.364. The van der Waals surface area contributed by atoms with E-state index in [1.165, 1.54) is 24.8 Å². The van der Waals surface area contributed by atoms with Gasteiger partial charge in [0.15, 0.2) is 0 Å². The molecule has 1 saturated carbocycles. The summed E-state index contributed by atoms with van der Waals surface area (Å²) in [5.74, 6) is -0.307. The molecule has 2 N–H and O–H groups in total. The third-order valence-electron chi connectivity index (χ3n) is 5.09. The van der Waals surface area contributed by atoms with Gasteiger partial charge in [0.05, 0.1) is 0 Å². The topological polar surface area (TPSA) is 58.2 Å². The summed E-state index contributed by atoms with van der Waals surface area (Å²) in [6, 6.07) is 13.0. The summed E-state index contributed by atoms with van der Waals surface area (Å²) < 4.78 is 0. The fourth-order valence-electron chi connectivity index (χ4n) is 3.34. The lowest BCUT2D eigenvalue weighted by Crippen LogP contribution is -2.36. The second kappa shape index (κ2) is 8.17. The predicted octanol–water partition coefficient (Wildman–Crippen LogP) is 4.62. The van der Waals surface area contributed by atoms with Crippen molar-refractivity contribution in [1.82, 2.24) is 5.32 Å². The second-order valence-electron chi connectivity index (χ2n) is 7.14. The van der Waals surface area contributed by atoms with Gasteiger partial charge in [-0.2, -0.15) is 0 Å². The summed E-state index contributed by atoms with van der Waals surface area (Å²) in [6.45, 7) is 4.05. The minimum atomic E-state index is -0.208. The van der Waals surface area contributed by atoms with E-state index in [-0.39, 0.29) is 17.9 Å². The molecule has 2 amide bonds. The van der Waals surface area contributed by atoms with Crippen LogP contribution in [0, 0.1) is 13.8 Å². The van der Waals surface area contributed by atoms with E-state index in [2.05, 4.69) is 10.6 Å². The molecule has 0 aromatic heterocycles. The van der Waals surface area contributed by atoms with Gasteiger partial charge in [0, 0.05) is 22.9 Å². The molecule has 0 spiro atoms. The average Bonchev–Trinajstić information content (AvgIpc) is 2.65. The third-order valence-corrected chi connectivity index (χ3v) is 5.09. The van der Waals surface area contributed by atoms with Gasteiger partial charge in [0.1, 0.15) is 0 Å². The molecule has 2 aromatic rings. The van der Waals surface area contributed by atoms with E-state index < -0.39 is 0 Å². The zero-order valence-electron chi connectivity index (χ0n) is 15.5. The van der Waals surface area contributed by atoms with Crippen LogP contribution in [-0.2, 0) is 0 Å². The molecular weight excluding hydrogens is 324 g/mol. The molecule has 0 saturated heterocycles. The Labute approximate surface area is 155 Å². The van der Waals surface area contributed by atoms with Crippen LogP contribution < -0.4 is 10.6 Å². The lowest BCUT2D eigenvalue weighted by Gasteiger charge is -2.22. The van der Waals surface area contributed by atoms with E-state index >= 15 is 0 Å². The van der Waals surface area contributed by atoms with Crippen molar-refractivity contribution in [3.05, 3.63) is 64.7 Å². The number of benzene rings is 2. The summed E-state index contributed by atoms with van der Waals surface area (Å²) >= 11 is 0. The third kappa shape index (κ3) is 4.51. The van der Waals surface area contributed by atoms with Gasteiger partial charge in [0.2, 0.25) is 0 Å². The van der Waals surface area contributed by atoms with Crippen LogP contribution in [0.3, 0.4) is 0 Å². The zero-order valence-corrected chi connectivity index (χ0v) is 15.5. The van der Waals surface area contributed by atoms with Crippen molar-refractivity contribution in [1.29, 1.82) is 0 Å². The lowest BCUT2D eigenvalue weighted by molar-refractivity contribution is 0.0927. The number of nitrogens with one attached hydrogen (secondary N) is 2. The zero-order chi connectivity index (χ0) is 18.5. The molecule has 0 radical (unpaired) electrons. The van der Waals surface area contributed by atoms with Gasteiger partial charge < -0.3 is 10.6 Å². The Hall–Kier alpha value is -2.62. The molecule has 4 nitrogen and oxygen atoms in total. The number of hydrogen-bond acceptors (Lipinski definition) is 2. The Morgan fingerprint density at radius 2 is 1.54 bits per heavy atom. The largest absolute Gasteiger partial charge is 0.349 e. The summed E-state index contributed by atoms with van der Waals surface area (Å²) in [6.07, 6.45) is 5.67. The number of carbonyl (C=O) groups excluding carboxylic acids is 2. The van der Waals surface area contributed by atoms with Gasteiger partial charge in [-0.05, 0) is 68.1 Å². The Kier molecular flexibility index (Phi) is 5.71. The quantitative estimate of drug-likeness (QED) is 0.845. The molecular formula is C22H26N2O2. The highest BCUT2D eigenvalue weighted by Gasteiger charge is 2.17. The monoisotopic (exact) mass is 350 g/mol. The number of aryl methyl sites for hydroxylation is 2. The SMILES string of the molecule is Cc1ccc(NC(=O)c2cccc(C(=O)NC3CCCCC3)c2)cc1C. The number of rotatable bonds is 4. The van der Waals surface area contributed by atoms with E-state index in [4.69, 9.17) is 0 Å². The average molecular weight is 350 g/mol. The van der Waals surface area contributed by atoms with Crippen LogP contribution in [0.5, 0.6) is 0 Å². The maximum absolute atomic E-state index is 12.5. The van der Waals surface area contributed by atoms with Crippen LogP contribution in [0.2, 0.25) is 0 Å². The maximum Gasteiger partial charge on any atom is 0.255 e. The number of amides is 2. The van der Waals surface area contributed by atoms with Gasteiger partial charge in [-0.15, -0.1) is 0 Å². The van der Waals surface area contributed by atoms with Crippen molar-refractivity contribution < 1.29 is 9.59 Å². The first-order chi connectivity index (χ1) is 12.5. The summed E-state index contributed by atoms with van der Waals surface area (Å²) in [7, 11) is 0. The lowest BCUT2D eigenvalue weighted by atomic mass is 9.95. The molecule has 1 fully saturated rings. The molecule has 4 heteroatoms. The van der Waals surface area contributed by atoms with Gasteiger partial charge in [-0.25, -0.2) is 0 Å². The standard InChI is InChI=1S/C22H26N2O2/c1-15-11-12-20(13-16(15)2)24-22(26)18-8-6-7-17(14-18)21(25)23-19-9-4-3-5-10-19/h6-8,11-14,19H,3-5,9-10H2,1-2H3,(H,23,25)(H,24,26). The fourth-order valence-corrected chi connectivity index (χ4v) is 3.34. The van der Waals surface area contributed by atoms with Crippen molar-refractivity contribution in [2.75, 3.05) is 5.32 Å². The highest BCUT2D eigenvalue weighted by Crippen LogP contribution is 2.19. The Morgan fingerprint density at radius 3 is 2.23 bits per heavy atom. The Morgan fingerprint density at radius 1 is 0.846 bits per heavy atom. The number of hydrogen-bond donors (Lipinski definition) is 2. The van der Waals surface area contributed by atoms with Crippen LogP contribution in [0.1, 0.15) is 63.9 Å². The van der Waals surface area contributed by atoms with Gasteiger partial charge in [0.25, 0.3) is 11.8 Å². The second-order valence-corrected chi connectivity index (χ2v) is 7.14. The maximum atomic E-state index is 12.5. The molecule has 3 rings (SSSR count). The van der Waals surface area contributed by atoms with E-state index in [9.17, 15) is 9.59 Å². The van der Waals surface area contributed by atoms with Crippen LogP contribution >= 0.6 is 0 Å². The first-order valence-corrected chi connectivity index (χ1v) is 9.32. The molecule has 136 valence electrons. The van der Waals surface area contributed by atoms with Gasteiger partial charge in [-0.3, -0.25) is 9.59 Å². The first kappa shape index (κ1) is 18.2. The minimum absolute atomic E-state index is 0.0993. The van der Waals surface area contributed by atoms with E-state index in [1.54, 1.807) is 24.3 Å². The highest BCUT2D eigenvalue weighted by atomic mass is 16.2. The summed E-state index contributed by atoms with van der Waals surface area (Å²) in [5.41, 5.74) is 4.09. The Balaban J connectivity index is 1.68. The summed E-state index contributed by atoms with van der Waals surface area (Å²) in [4.78, 5) is 25.0. The van der Waals surface area contributed by atoms with Crippen molar-refractivity contribution >= 4 is 17.5 Å². The molecule has 0 aliphatic heterocycles. The van der Waals surface area contributed by atoms with Crippen LogP contribution in [-0.4, -0.2) is 17.9 Å². The smallest absolute Gasteiger partial charge is 0.255 e. The predicted molar refractivity (Wildman–Crippen MR) is 105 cm³/mol. The normalized spacial score (nSPS) is 14.7. The molecule has 1 aliphatic carbocycles. The molecule has 0 unspecified atom stereocenters. The van der Waals surface area contributed by atoms with Crippen molar-refractivity contribution in [3.63, 3.8) is 0 Å². The number of anilines is 1. The van der Waals surface area contributed by atoms with Crippen LogP contribution in [0.15, 0.2) is 42.5 Å². The van der Waals surface area contributed by atoms with Crippen LogP contribution in [0.25, 0.3) is 0 Å². The van der Waals surface area contributed by atoms with E-state index in [1.807, 2.05) is 32.0 Å². The highest BCUT2D eigenvalue weighted by molar-refractivity contribution is 6.06. The molecule has 26 heavy (non-hydrogen) atoms. The van der Waals surface area contributed by atoms with Gasteiger partial charge >= 0.3 is 0 Å². The van der Waals surface area contributed by atoms with Crippen molar-refractivity contribution in [3.8, 4) is 0 Å². The van der Waals surface area contributed by atoms with E-state index in [0.717, 1.165) is 24.1 Å². The minimum Gasteiger partial charge on any atom is -0.349 e. The molecule has 0 atom stereocenters. The van der Waals surface area contributed by atoms with Crippen LogP contribution in [0.4, 0.5) is 5.69 Å².